The van der Waals surface area contributed by atoms with Crippen LogP contribution in [0.1, 0.15) is 24.9 Å². The van der Waals surface area contributed by atoms with Crippen LogP contribution >= 0.6 is 0 Å². The van der Waals surface area contributed by atoms with Gasteiger partial charge < -0.3 is 9.80 Å². The van der Waals surface area contributed by atoms with Crippen LogP contribution in [-0.4, -0.2) is 51.5 Å². The van der Waals surface area contributed by atoms with E-state index in [0.29, 0.717) is 13.1 Å². The summed E-state index contributed by atoms with van der Waals surface area (Å²) in [5.74, 6) is -0.00606. The van der Waals surface area contributed by atoms with Crippen LogP contribution in [0.5, 0.6) is 0 Å². The number of carbonyl (C=O) groups excluding carboxylic acids is 1. The van der Waals surface area contributed by atoms with Gasteiger partial charge in [0, 0.05) is 26.2 Å². The van der Waals surface area contributed by atoms with Crippen LogP contribution in [0.3, 0.4) is 0 Å². The Morgan fingerprint density at radius 3 is 2.31 bits per heavy atom. The molecule has 0 radical (unpaired) electrons. The van der Waals surface area contributed by atoms with Crippen LogP contribution in [0.4, 0.5) is 0 Å². The number of amides is 1. The second-order valence-corrected chi connectivity index (χ2v) is 7.78. The minimum absolute atomic E-state index is 0.00198. The number of imidazole rings is 1. The summed E-state index contributed by atoms with van der Waals surface area (Å²) in [7, 11) is 2.08. The van der Waals surface area contributed by atoms with Crippen molar-refractivity contribution >= 4 is 16.9 Å². The molecule has 1 saturated heterocycles. The fourth-order valence-electron chi connectivity index (χ4n) is 4.27. The van der Waals surface area contributed by atoms with Gasteiger partial charge in [0.05, 0.1) is 17.1 Å². The molecule has 1 aliphatic heterocycles. The predicted molar refractivity (Wildman–Crippen MR) is 115 cm³/mol. The summed E-state index contributed by atoms with van der Waals surface area (Å²) in [6, 6.07) is 17.9. The van der Waals surface area contributed by atoms with Gasteiger partial charge in [0.15, 0.2) is 0 Å². The fourth-order valence-corrected chi connectivity index (χ4v) is 4.27. The third kappa shape index (κ3) is 3.72. The first-order chi connectivity index (χ1) is 14.1. The van der Waals surface area contributed by atoms with E-state index >= 15 is 0 Å². The van der Waals surface area contributed by atoms with E-state index in [1.165, 1.54) is 0 Å². The average Bonchev–Trinajstić information content (AvgIpc) is 3.00. The number of para-hydroxylation sites is 2. The van der Waals surface area contributed by atoms with Crippen LogP contribution in [0.15, 0.2) is 59.4 Å². The molecule has 0 aliphatic carbocycles. The molecule has 0 spiro atoms. The maximum atomic E-state index is 13.4. The highest BCUT2D eigenvalue weighted by molar-refractivity contribution is 5.81. The summed E-state index contributed by atoms with van der Waals surface area (Å²) in [5.41, 5.74) is 2.75. The normalized spacial score (nSPS) is 17.7. The molecule has 0 bridgehead atoms. The van der Waals surface area contributed by atoms with Crippen molar-refractivity contribution in [2.75, 3.05) is 26.7 Å². The molecule has 2 aromatic carbocycles. The molecule has 152 valence electrons. The molecule has 1 atom stereocenters. The number of aromatic nitrogens is 2. The van der Waals surface area contributed by atoms with E-state index in [4.69, 9.17) is 0 Å². The Balaban J connectivity index is 1.67. The largest absolute Gasteiger partial charge is 0.332 e. The van der Waals surface area contributed by atoms with Crippen molar-refractivity contribution in [3.63, 3.8) is 0 Å². The van der Waals surface area contributed by atoms with Gasteiger partial charge in [-0.1, -0.05) is 49.4 Å². The Kier molecular flexibility index (Phi) is 5.53. The molecule has 4 rings (SSSR count). The first kappa shape index (κ1) is 19.5. The van der Waals surface area contributed by atoms with Gasteiger partial charge in [0.1, 0.15) is 6.54 Å². The third-order valence-corrected chi connectivity index (χ3v) is 5.75. The zero-order valence-corrected chi connectivity index (χ0v) is 17.1. The topological polar surface area (TPSA) is 50.5 Å². The SMILES string of the molecule is CCCn1c(=O)n(CC(=O)N2CCN(C)C[C@H]2c2ccccc2)c2ccccc21. The van der Waals surface area contributed by atoms with Crippen molar-refractivity contribution in [3.8, 4) is 0 Å². The number of fused-ring (bicyclic) bond motifs is 1. The minimum Gasteiger partial charge on any atom is -0.332 e. The van der Waals surface area contributed by atoms with Gasteiger partial charge in [0.2, 0.25) is 5.91 Å². The van der Waals surface area contributed by atoms with Crippen molar-refractivity contribution < 1.29 is 4.79 Å². The summed E-state index contributed by atoms with van der Waals surface area (Å²) in [5, 5.41) is 0. The van der Waals surface area contributed by atoms with Crippen LogP contribution in [-0.2, 0) is 17.9 Å². The number of rotatable bonds is 5. The van der Waals surface area contributed by atoms with Gasteiger partial charge in [-0.2, -0.15) is 0 Å². The van der Waals surface area contributed by atoms with Gasteiger partial charge in [0.25, 0.3) is 0 Å². The highest BCUT2D eigenvalue weighted by Gasteiger charge is 2.30. The number of hydrogen-bond acceptors (Lipinski definition) is 3. The first-order valence-corrected chi connectivity index (χ1v) is 10.3. The smallest absolute Gasteiger partial charge is 0.329 e. The van der Waals surface area contributed by atoms with Gasteiger partial charge in [-0.05, 0) is 31.2 Å². The molecular formula is C23H28N4O2. The number of piperazine rings is 1. The number of carbonyl (C=O) groups is 1. The van der Waals surface area contributed by atoms with E-state index in [0.717, 1.165) is 36.1 Å². The summed E-state index contributed by atoms with van der Waals surface area (Å²) in [4.78, 5) is 30.6. The molecule has 29 heavy (non-hydrogen) atoms. The summed E-state index contributed by atoms with van der Waals surface area (Å²) >= 11 is 0. The van der Waals surface area contributed by atoms with E-state index in [9.17, 15) is 9.59 Å². The monoisotopic (exact) mass is 392 g/mol. The minimum atomic E-state index is -0.105. The molecule has 0 saturated carbocycles. The standard InChI is InChI=1S/C23H28N4O2/c1-3-13-26-19-11-7-8-12-20(19)27(23(26)29)17-22(28)25-15-14-24(2)16-21(25)18-9-5-4-6-10-18/h4-12,21H,3,13-17H2,1-2H3/t21-/m0/s1. The first-order valence-electron chi connectivity index (χ1n) is 10.3. The maximum Gasteiger partial charge on any atom is 0.329 e. The fraction of sp³-hybridized carbons (Fsp3) is 0.391. The molecule has 2 heterocycles. The van der Waals surface area contributed by atoms with Crippen LogP contribution in [0.25, 0.3) is 11.0 Å². The van der Waals surface area contributed by atoms with E-state index in [2.05, 4.69) is 31.0 Å². The number of hydrogen-bond donors (Lipinski definition) is 0. The van der Waals surface area contributed by atoms with E-state index < -0.39 is 0 Å². The molecule has 0 N–H and O–H groups in total. The van der Waals surface area contributed by atoms with Gasteiger partial charge >= 0.3 is 5.69 Å². The van der Waals surface area contributed by atoms with Gasteiger partial charge in [-0.25, -0.2) is 4.79 Å². The van der Waals surface area contributed by atoms with Crippen LogP contribution < -0.4 is 5.69 Å². The summed E-state index contributed by atoms with van der Waals surface area (Å²) < 4.78 is 3.41. The average molecular weight is 393 g/mol. The van der Waals surface area contributed by atoms with Crippen molar-refractivity contribution in [1.82, 2.24) is 18.9 Å². The highest BCUT2D eigenvalue weighted by atomic mass is 16.2. The zero-order valence-electron chi connectivity index (χ0n) is 17.1. The predicted octanol–water partition coefficient (Wildman–Crippen LogP) is 2.73. The number of benzene rings is 2. The zero-order chi connectivity index (χ0) is 20.4. The molecule has 0 unspecified atom stereocenters. The lowest BCUT2D eigenvalue weighted by atomic mass is 10.0. The second-order valence-electron chi connectivity index (χ2n) is 7.78. The van der Waals surface area contributed by atoms with Crippen molar-refractivity contribution in [2.45, 2.75) is 32.5 Å². The highest BCUT2D eigenvalue weighted by Crippen LogP contribution is 2.25. The number of likely N-dealkylation sites (N-methyl/N-ethyl adjacent to an activating group) is 1. The quantitative estimate of drug-likeness (QED) is 0.671. The summed E-state index contributed by atoms with van der Waals surface area (Å²) in [6.45, 7) is 5.07. The third-order valence-electron chi connectivity index (χ3n) is 5.75. The summed E-state index contributed by atoms with van der Waals surface area (Å²) in [6.07, 6.45) is 0.871. The molecule has 1 aliphatic rings. The lowest BCUT2D eigenvalue weighted by molar-refractivity contribution is -0.136. The molecule has 1 fully saturated rings. The maximum absolute atomic E-state index is 13.4. The molecule has 1 aromatic heterocycles. The Bertz CT molecular complexity index is 1050. The van der Waals surface area contributed by atoms with Crippen molar-refractivity contribution in [1.29, 1.82) is 0 Å². The molecular weight excluding hydrogens is 364 g/mol. The lowest BCUT2D eigenvalue weighted by Crippen LogP contribution is -2.50. The Labute approximate surface area is 171 Å². The molecule has 1 amide bonds. The Morgan fingerprint density at radius 1 is 0.966 bits per heavy atom. The van der Waals surface area contributed by atoms with Crippen molar-refractivity contribution in [3.05, 3.63) is 70.6 Å². The number of nitrogens with zero attached hydrogens (tertiary/aromatic N) is 4. The Hall–Kier alpha value is -2.86. The van der Waals surface area contributed by atoms with Crippen LogP contribution in [0.2, 0.25) is 0 Å². The Morgan fingerprint density at radius 2 is 1.62 bits per heavy atom. The molecule has 6 nitrogen and oxygen atoms in total. The molecule has 3 aromatic rings. The second kappa shape index (κ2) is 8.25. The van der Waals surface area contributed by atoms with Gasteiger partial charge in [-0.3, -0.25) is 13.9 Å². The number of aryl methyl sites for hydroxylation is 1. The lowest BCUT2D eigenvalue weighted by Gasteiger charge is -2.40. The van der Waals surface area contributed by atoms with E-state index in [-0.39, 0.29) is 24.2 Å². The molecule has 6 heteroatoms. The van der Waals surface area contributed by atoms with Gasteiger partial charge in [-0.15, -0.1) is 0 Å². The van der Waals surface area contributed by atoms with Crippen molar-refractivity contribution in [2.24, 2.45) is 0 Å². The van der Waals surface area contributed by atoms with Crippen LogP contribution in [0, 0.1) is 0 Å². The van der Waals surface area contributed by atoms with E-state index in [1.807, 2.05) is 47.4 Å². The van der Waals surface area contributed by atoms with E-state index in [1.54, 1.807) is 9.13 Å².